The molecule has 4 aromatic rings. The Kier molecular flexibility index (Phi) is 21.1. The van der Waals surface area contributed by atoms with E-state index in [1.807, 2.05) is 0 Å². The SMILES string of the molecule is CCCCCCCCC(c1ccc(N)cc1)c1ccc(CCCCCCCCCCc2ccc(C(CCCCCCCC)c3ccc(N)cc3)cc2)cc1. The highest BCUT2D eigenvalue weighted by Gasteiger charge is 2.16. The van der Waals surface area contributed by atoms with Gasteiger partial charge in [-0.05, 0) is 96.2 Å². The highest BCUT2D eigenvalue weighted by molar-refractivity contribution is 5.44. The van der Waals surface area contributed by atoms with Gasteiger partial charge in [-0.15, -0.1) is 0 Å². The lowest BCUT2D eigenvalue weighted by Crippen LogP contribution is -2.02. The van der Waals surface area contributed by atoms with Crippen LogP contribution in [-0.4, -0.2) is 0 Å². The Hall–Kier alpha value is -3.52. The summed E-state index contributed by atoms with van der Waals surface area (Å²) in [7, 11) is 0. The molecule has 2 heteroatoms. The molecule has 2 atom stereocenters. The van der Waals surface area contributed by atoms with Crippen molar-refractivity contribution in [2.24, 2.45) is 0 Å². The van der Waals surface area contributed by atoms with Crippen LogP contribution in [0.4, 0.5) is 11.4 Å². The van der Waals surface area contributed by atoms with Gasteiger partial charge in [-0.2, -0.15) is 0 Å². The van der Waals surface area contributed by atoms with E-state index in [-0.39, 0.29) is 0 Å². The topological polar surface area (TPSA) is 52.0 Å². The number of benzene rings is 4. The summed E-state index contributed by atoms with van der Waals surface area (Å²) in [4.78, 5) is 0. The van der Waals surface area contributed by atoms with Crippen LogP contribution < -0.4 is 11.5 Å². The zero-order chi connectivity index (χ0) is 38.1. The first-order valence-corrected chi connectivity index (χ1v) is 22.5. The molecule has 0 saturated carbocycles. The van der Waals surface area contributed by atoms with Crippen LogP contribution >= 0.6 is 0 Å². The van der Waals surface area contributed by atoms with E-state index < -0.39 is 0 Å². The van der Waals surface area contributed by atoms with E-state index in [4.69, 9.17) is 11.5 Å². The fourth-order valence-electron chi connectivity index (χ4n) is 8.32. The summed E-state index contributed by atoms with van der Waals surface area (Å²) in [5, 5.41) is 0. The highest BCUT2D eigenvalue weighted by Crippen LogP contribution is 2.33. The maximum absolute atomic E-state index is 6.02. The summed E-state index contributed by atoms with van der Waals surface area (Å²) in [5.74, 6) is 0.925. The molecule has 0 spiro atoms. The molecule has 0 radical (unpaired) electrons. The molecule has 4 rings (SSSR count). The Morgan fingerprint density at radius 3 is 0.889 bits per heavy atom. The van der Waals surface area contributed by atoms with Gasteiger partial charge in [0.25, 0.3) is 0 Å². The third kappa shape index (κ3) is 16.5. The molecule has 0 aliphatic carbocycles. The van der Waals surface area contributed by atoms with Gasteiger partial charge in [-0.1, -0.05) is 202 Å². The predicted molar refractivity (Wildman–Crippen MR) is 239 cm³/mol. The molecule has 2 unspecified atom stereocenters. The van der Waals surface area contributed by atoms with Crippen LogP contribution in [0.3, 0.4) is 0 Å². The van der Waals surface area contributed by atoms with Gasteiger partial charge in [0.2, 0.25) is 0 Å². The van der Waals surface area contributed by atoms with Crippen LogP contribution in [-0.2, 0) is 12.8 Å². The minimum absolute atomic E-state index is 0.463. The molecule has 0 saturated heterocycles. The molecule has 4 N–H and O–H groups in total. The Morgan fingerprint density at radius 1 is 0.315 bits per heavy atom. The Morgan fingerprint density at radius 2 is 0.574 bits per heavy atom. The lowest BCUT2D eigenvalue weighted by Gasteiger charge is -2.19. The van der Waals surface area contributed by atoms with Gasteiger partial charge in [-0.3, -0.25) is 0 Å². The minimum Gasteiger partial charge on any atom is -0.399 e. The molecule has 0 aliphatic heterocycles. The standard InChI is InChI=1S/C52H76N2/c1-3-5-7-9-17-21-25-51(47-35-39-49(53)40-36-47)45-31-27-43(28-32-45)23-19-15-13-11-12-14-16-20-24-44-29-33-46(34-30-44)52(26-22-18-10-8-6-4-2)48-37-41-50(54)42-38-48/h27-42,51-52H,3-26,53-54H2,1-2H3. The molecule has 0 heterocycles. The summed E-state index contributed by atoms with van der Waals surface area (Å²) in [5.41, 5.74) is 22.4. The van der Waals surface area contributed by atoms with Crippen LogP contribution in [0.15, 0.2) is 97.1 Å². The monoisotopic (exact) mass is 729 g/mol. The van der Waals surface area contributed by atoms with Gasteiger partial charge in [-0.25, -0.2) is 0 Å². The second kappa shape index (κ2) is 26.3. The van der Waals surface area contributed by atoms with Crippen molar-refractivity contribution in [3.63, 3.8) is 0 Å². The van der Waals surface area contributed by atoms with Crippen molar-refractivity contribution in [1.29, 1.82) is 0 Å². The van der Waals surface area contributed by atoms with Crippen molar-refractivity contribution in [2.75, 3.05) is 11.5 Å². The number of aryl methyl sites for hydroxylation is 2. The summed E-state index contributed by atoms with van der Waals surface area (Å²) >= 11 is 0. The van der Waals surface area contributed by atoms with E-state index in [0.29, 0.717) is 11.8 Å². The first-order chi connectivity index (χ1) is 26.6. The zero-order valence-corrected chi connectivity index (χ0v) is 34.5. The zero-order valence-electron chi connectivity index (χ0n) is 34.5. The molecule has 2 nitrogen and oxygen atoms in total. The second-order valence-electron chi connectivity index (χ2n) is 16.4. The van der Waals surface area contributed by atoms with E-state index in [1.54, 1.807) is 0 Å². The van der Waals surface area contributed by atoms with Gasteiger partial charge in [0, 0.05) is 23.2 Å². The number of hydrogen-bond acceptors (Lipinski definition) is 2. The van der Waals surface area contributed by atoms with Crippen molar-refractivity contribution in [3.05, 3.63) is 130 Å². The molecule has 4 aromatic carbocycles. The normalized spacial score (nSPS) is 12.6. The van der Waals surface area contributed by atoms with Crippen molar-refractivity contribution in [2.45, 2.75) is 180 Å². The van der Waals surface area contributed by atoms with E-state index in [9.17, 15) is 0 Å². The van der Waals surface area contributed by atoms with Gasteiger partial charge >= 0.3 is 0 Å². The highest BCUT2D eigenvalue weighted by atomic mass is 14.5. The van der Waals surface area contributed by atoms with Gasteiger partial charge in [0.1, 0.15) is 0 Å². The smallest absolute Gasteiger partial charge is 0.0314 e. The van der Waals surface area contributed by atoms with Crippen LogP contribution in [0.2, 0.25) is 0 Å². The number of nitrogens with two attached hydrogens (primary N) is 2. The van der Waals surface area contributed by atoms with Crippen LogP contribution in [0, 0.1) is 0 Å². The van der Waals surface area contributed by atoms with Gasteiger partial charge in [0.15, 0.2) is 0 Å². The molecule has 0 amide bonds. The Balaban J connectivity index is 1.09. The van der Waals surface area contributed by atoms with E-state index in [1.165, 1.54) is 187 Å². The molecule has 0 aromatic heterocycles. The van der Waals surface area contributed by atoms with E-state index in [2.05, 4.69) is 111 Å². The quantitative estimate of drug-likeness (QED) is 0.0432. The molecule has 0 fully saturated rings. The fourth-order valence-corrected chi connectivity index (χ4v) is 8.32. The number of anilines is 2. The Labute approximate surface area is 332 Å². The van der Waals surface area contributed by atoms with Crippen LogP contribution in [0.1, 0.15) is 200 Å². The average molecular weight is 729 g/mol. The largest absolute Gasteiger partial charge is 0.399 e. The van der Waals surface area contributed by atoms with Crippen LogP contribution in [0.25, 0.3) is 0 Å². The lowest BCUT2D eigenvalue weighted by atomic mass is 9.86. The first kappa shape index (κ1) is 43.2. The second-order valence-corrected chi connectivity index (χ2v) is 16.4. The minimum atomic E-state index is 0.463. The number of rotatable bonds is 29. The van der Waals surface area contributed by atoms with E-state index in [0.717, 1.165) is 11.4 Å². The molecule has 54 heavy (non-hydrogen) atoms. The molecule has 0 aliphatic rings. The lowest BCUT2D eigenvalue weighted by molar-refractivity contribution is 0.566. The number of unbranched alkanes of at least 4 members (excludes halogenated alkanes) is 17. The molecule has 0 bridgehead atoms. The summed E-state index contributed by atoms with van der Waals surface area (Å²) < 4.78 is 0. The van der Waals surface area contributed by atoms with Crippen molar-refractivity contribution < 1.29 is 0 Å². The third-order valence-electron chi connectivity index (χ3n) is 11.8. The third-order valence-corrected chi connectivity index (χ3v) is 11.8. The van der Waals surface area contributed by atoms with Crippen molar-refractivity contribution in [3.8, 4) is 0 Å². The van der Waals surface area contributed by atoms with Crippen molar-refractivity contribution in [1.82, 2.24) is 0 Å². The summed E-state index contributed by atoms with van der Waals surface area (Å²) in [6, 6.07) is 36.4. The van der Waals surface area contributed by atoms with Gasteiger partial charge < -0.3 is 11.5 Å². The van der Waals surface area contributed by atoms with E-state index >= 15 is 0 Å². The average Bonchev–Trinajstić information content (AvgIpc) is 3.20. The van der Waals surface area contributed by atoms with Gasteiger partial charge in [0.05, 0.1) is 0 Å². The fraction of sp³-hybridized carbons (Fsp3) is 0.538. The Bertz CT molecular complexity index is 1370. The maximum atomic E-state index is 6.02. The number of hydrogen-bond donors (Lipinski definition) is 2. The predicted octanol–water partition coefficient (Wildman–Crippen LogP) is 15.5. The van der Waals surface area contributed by atoms with Crippen molar-refractivity contribution >= 4 is 11.4 Å². The van der Waals surface area contributed by atoms with Crippen LogP contribution in [0.5, 0.6) is 0 Å². The molecular formula is C52H76N2. The first-order valence-electron chi connectivity index (χ1n) is 22.5. The summed E-state index contributed by atoms with van der Waals surface area (Å²) in [6.45, 7) is 4.58. The summed E-state index contributed by atoms with van der Waals surface area (Å²) in [6.07, 6.45) is 31.7. The molecule has 294 valence electrons. The molecular weight excluding hydrogens is 653 g/mol. The number of nitrogen functional groups attached to an aromatic ring is 2. The maximum Gasteiger partial charge on any atom is 0.0314 e.